The highest BCUT2D eigenvalue weighted by molar-refractivity contribution is 7.93. The van der Waals surface area contributed by atoms with Crippen LogP contribution in [-0.4, -0.2) is 19.6 Å². The Bertz CT molecular complexity index is 752. The minimum absolute atomic E-state index is 0.0867. The van der Waals surface area contributed by atoms with Gasteiger partial charge >= 0.3 is 0 Å². The Hall–Kier alpha value is -1.37. The summed E-state index contributed by atoms with van der Waals surface area (Å²) in [5.74, 6) is 0. The topological polar surface area (TPSA) is 57.6 Å². The largest absolute Gasteiger partial charge is 0.391 e. The average Bonchev–Trinajstić information content (AvgIpc) is 2.96. The number of rotatable bonds is 3. The van der Waals surface area contributed by atoms with Crippen molar-refractivity contribution >= 4 is 27.0 Å². The third-order valence-electron chi connectivity index (χ3n) is 3.85. The predicted molar refractivity (Wildman–Crippen MR) is 84.1 cm³/mol. The summed E-state index contributed by atoms with van der Waals surface area (Å²) in [7, 11) is -3.64. The number of anilines is 1. The normalized spacial score (nSPS) is 18.6. The highest BCUT2D eigenvalue weighted by Crippen LogP contribution is 2.36. The summed E-state index contributed by atoms with van der Waals surface area (Å²) in [6, 6.07) is 9.12. The summed E-state index contributed by atoms with van der Waals surface area (Å²) >= 11 is 1.27. The molecule has 0 spiro atoms. The highest BCUT2D eigenvalue weighted by Gasteiger charge is 2.35. The minimum atomic E-state index is -3.64. The quantitative estimate of drug-likeness (QED) is 0.945. The number of hydrogen-bond acceptors (Lipinski definition) is 4. The van der Waals surface area contributed by atoms with E-state index in [2.05, 4.69) is 0 Å². The van der Waals surface area contributed by atoms with Gasteiger partial charge in [-0.2, -0.15) is 0 Å². The third kappa shape index (κ3) is 2.37. The van der Waals surface area contributed by atoms with Gasteiger partial charge in [0.25, 0.3) is 10.0 Å². The van der Waals surface area contributed by atoms with Crippen molar-refractivity contribution in [1.29, 1.82) is 0 Å². The molecule has 1 aromatic heterocycles. The summed E-state index contributed by atoms with van der Waals surface area (Å²) in [6.07, 6.45) is 1.69. The number of nitrogens with zero attached hydrogens (tertiary/aromatic N) is 1. The Morgan fingerprint density at radius 3 is 2.86 bits per heavy atom. The van der Waals surface area contributed by atoms with Crippen LogP contribution in [0.1, 0.15) is 23.8 Å². The van der Waals surface area contributed by atoms with Gasteiger partial charge in [0.15, 0.2) is 0 Å². The smallest absolute Gasteiger partial charge is 0.265 e. The fourth-order valence-corrected chi connectivity index (χ4v) is 5.80. The van der Waals surface area contributed by atoms with Crippen LogP contribution in [0.3, 0.4) is 0 Å². The number of para-hydroxylation sites is 1. The van der Waals surface area contributed by atoms with Crippen LogP contribution in [0, 0.1) is 0 Å². The van der Waals surface area contributed by atoms with Gasteiger partial charge in [0.05, 0.1) is 17.2 Å². The maximum atomic E-state index is 13.0. The molecule has 2 heterocycles. The summed E-state index contributed by atoms with van der Waals surface area (Å²) in [6.45, 7) is 1.68. The number of aliphatic hydroxyl groups is 1. The van der Waals surface area contributed by atoms with Gasteiger partial charge in [-0.05, 0) is 42.8 Å². The van der Waals surface area contributed by atoms with E-state index in [0.29, 0.717) is 4.88 Å². The van der Waals surface area contributed by atoms with Gasteiger partial charge in [0.1, 0.15) is 4.90 Å². The molecule has 0 fully saturated rings. The van der Waals surface area contributed by atoms with E-state index < -0.39 is 10.0 Å². The number of benzene rings is 1. The van der Waals surface area contributed by atoms with Crippen LogP contribution in [-0.2, 0) is 23.1 Å². The first-order valence-electron chi connectivity index (χ1n) is 6.85. The van der Waals surface area contributed by atoms with Crippen LogP contribution in [0.25, 0.3) is 0 Å². The molecule has 0 amide bonds. The van der Waals surface area contributed by atoms with E-state index in [-0.39, 0.29) is 17.5 Å². The van der Waals surface area contributed by atoms with Crippen LogP contribution in [0.5, 0.6) is 0 Å². The van der Waals surface area contributed by atoms with E-state index in [1.807, 2.05) is 31.2 Å². The lowest BCUT2D eigenvalue weighted by molar-refractivity contribution is 0.282. The zero-order valence-corrected chi connectivity index (χ0v) is 13.3. The fraction of sp³-hybridized carbons (Fsp3) is 0.333. The number of sulfonamides is 1. The zero-order chi connectivity index (χ0) is 15.0. The Kier molecular flexibility index (Phi) is 3.77. The van der Waals surface area contributed by atoms with E-state index >= 15 is 0 Å². The van der Waals surface area contributed by atoms with Gasteiger partial charge in [-0.25, -0.2) is 8.42 Å². The van der Waals surface area contributed by atoms with Gasteiger partial charge in [-0.3, -0.25) is 4.31 Å². The van der Waals surface area contributed by atoms with Crippen molar-refractivity contribution in [3.05, 3.63) is 46.2 Å². The van der Waals surface area contributed by atoms with Gasteiger partial charge in [0, 0.05) is 6.04 Å². The molecule has 3 rings (SSSR count). The minimum Gasteiger partial charge on any atom is -0.391 e. The summed E-state index contributed by atoms with van der Waals surface area (Å²) in [5.41, 5.74) is 1.81. The van der Waals surface area contributed by atoms with Gasteiger partial charge < -0.3 is 5.11 Å². The monoisotopic (exact) mass is 323 g/mol. The molecule has 1 N–H and O–H groups in total. The van der Waals surface area contributed by atoms with Crippen LogP contribution in [0.15, 0.2) is 40.6 Å². The number of hydrogen-bond donors (Lipinski definition) is 1. The second-order valence-corrected chi connectivity index (χ2v) is 7.97. The summed E-state index contributed by atoms with van der Waals surface area (Å²) < 4.78 is 27.6. The fourth-order valence-electron chi connectivity index (χ4n) is 2.80. The Balaban J connectivity index is 2.15. The Morgan fingerprint density at radius 1 is 1.33 bits per heavy atom. The van der Waals surface area contributed by atoms with Crippen molar-refractivity contribution in [2.24, 2.45) is 0 Å². The number of fused-ring (bicyclic) bond motifs is 1. The zero-order valence-electron chi connectivity index (χ0n) is 11.7. The van der Waals surface area contributed by atoms with Gasteiger partial charge in [0.2, 0.25) is 0 Å². The molecule has 1 aromatic carbocycles. The molecule has 0 bridgehead atoms. The molecule has 0 saturated carbocycles. The third-order valence-corrected chi connectivity index (χ3v) is 6.89. The van der Waals surface area contributed by atoms with Crippen LogP contribution >= 0.6 is 11.3 Å². The maximum absolute atomic E-state index is 13.0. The highest BCUT2D eigenvalue weighted by atomic mass is 32.2. The first-order chi connectivity index (χ1) is 10.1. The number of aryl methyl sites for hydroxylation is 1. The predicted octanol–water partition coefficient (Wildman–Crippen LogP) is 2.77. The lowest BCUT2D eigenvalue weighted by atomic mass is 9.99. The van der Waals surface area contributed by atoms with Crippen molar-refractivity contribution in [2.75, 3.05) is 4.31 Å². The summed E-state index contributed by atoms with van der Waals surface area (Å²) in [4.78, 5) is 0.712. The van der Waals surface area contributed by atoms with E-state index in [0.717, 1.165) is 24.1 Å². The lowest BCUT2D eigenvalue weighted by Gasteiger charge is -2.36. The van der Waals surface area contributed by atoms with Crippen LogP contribution in [0.4, 0.5) is 5.69 Å². The van der Waals surface area contributed by atoms with E-state index in [4.69, 9.17) is 0 Å². The van der Waals surface area contributed by atoms with Crippen LogP contribution < -0.4 is 4.31 Å². The number of thiophene rings is 1. The lowest BCUT2D eigenvalue weighted by Crippen LogP contribution is -2.42. The molecule has 1 unspecified atom stereocenters. The molecular formula is C15H17NO3S2. The Labute approximate surface area is 128 Å². The van der Waals surface area contributed by atoms with Crippen molar-refractivity contribution in [1.82, 2.24) is 0 Å². The van der Waals surface area contributed by atoms with Crippen molar-refractivity contribution < 1.29 is 13.5 Å². The van der Waals surface area contributed by atoms with Crippen molar-refractivity contribution in [3.8, 4) is 0 Å². The first-order valence-corrected chi connectivity index (χ1v) is 9.17. The summed E-state index contributed by atoms with van der Waals surface area (Å²) in [5, 5.41) is 11.1. The molecule has 0 saturated heterocycles. The molecule has 4 nitrogen and oxygen atoms in total. The van der Waals surface area contributed by atoms with E-state index in [9.17, 15) is 13.5 Å². The second kappa shape index (κ2) is 5.44. The molecule has 1 aliphatic heterocycles. The molecule has 1 aliphatic rings. The first kappa shape index (κ1) is 14.6. The number of aliphatic hydroxyl groups excluding tert-OH is 1. The van der Waals surface area contributed by atoms with Crippen molar-refractivity contribution in [2.45, 2.75) is 37.3 Å². The van der Waals surface area contributed by atoms with Crippen molar-refractivity contribution in [3.63, 3.8) is 0 Å². The van der Waals surface area contributed by atoms with Gasteiger partial charge in [-0.1, -0.05) is 18.2 Å². The maximum Gasteiger partial charge on any atom is 0.265 e. The molecule has 6 heteroatoms. The van der Waals surface area contributed by atoms with Gasteiger partial charge in [-0.15, -0.1) is 11.3 Å². The molecule has 2 aromatic rings. The SMILES string of the molecule is CC1CCc2ccccc2N1S(=O)(=O)c1ccsc1CO. The molecular weight excluding hydrogens is 306 g/mol. The molecule has 0 aliphatic carbocycles. The van der Waals surface area contributed by atoms with E-state index in [1.165, 1.54) is 15.6 Å². The molecule has 0 radical (unpaired) electrons. The van der Waals surface area contributed by atoms with Crippen LogP contribution in [0.2, 0.25) is 0 Å². The molecule has 1 atom stereocenters. The second-order valence-electron chi connectivity index (χ2n) is 5.18. The molecule has 112 valence electrons. The van der Waals surface area contributed by atoms with E-state index in [1.54, 1.807) is 11.4 Å². The standard InChI is InChI=1S/C15H17NO3S2/c1-11-6-7-12-4-2-3-5-13(12)16(11)21(18,19)15-8-9-20-14(15)10-17/h2-5,8-9,11,17H,6-7,10H2,1H3. The average molecular weight is 323 g/mol. The Morgan fingerprint density at radius 2 is 2.10 bits per heavy atom. The molecule has 21 heavy (non-hydrogen) atoms.